The van der Waals surface area contributed by atoms with E-state index in [1.807, 2.05) is 48.3 Å². The van der Waals surface area contributed by atoms with Crippen LogP contribution in [0.3, 0.4) is 0 Å². The highest BCUT2D eigenvalue weighted by Crippen LogP contribution is 2.35. The number of imidazole rings is 1. The van der Waals surface area contributed by atoms with E-state index in [0.29, 0.717) is 18.2 Å². The van der Waals surface area contributed by atoms with Crippen LogP contribution in [-0.4, -0.2) is 51.5 Å². The summed E-state index contributed by atoms with van der Waals surface area (Å²) in [6.45, 7) is 5.64. The monoisotopic (exact) mass is 429 g/mol. The molecule has 0 aliphatic carbocycles. The first-order chi connectivity index (χ1) is 15.6. The minimum atomic E-state index is 0.000375. The van der Waals surface area contributed by atoms with Crippen molar-refractivity contribution in [3.05, 3.63) is 60.7 Å². The number of furan rings is 1. The van der Waals surface area contributed by atoms with Gasteiger partial charge in [0, 0.05) is 36.9 Å². The van der Waals surface area contributed by atoms with Gasteiger partial charge >= 0.3 is 0 Å². The Hall–Kier alpha value is -3.45. The summed E-state index contributed by atoms with van der Waals surface area (Å²) in [7, 11) is 1.94. The molecule has 0 saturated carbocycles. The maximum Gasteiger partial charge on any atom is 0.257 e. The molecule has 164 valence electrons. The molecule has 7 nitrogen and oxygen atoms in total. The van der Waals surface area contributed by atoms with Crippen molar-refractivity contribution in [3.63, 3.8) is 0 Å². The molecule has 4 heterocycles. The van der Waals surface area contributed by atoms with E-state index in [2.05, 4.69) is 23.7 Å². The zero-order chi connectivity index (χ0) is 22.2. The molecule has 1 atom stereocenters. The van der Waals surface area contributed by atoms with Crippen LogP contribution in [-0.2, 0) is 0 Å². The van der Waals surface area contributed by atoms with E-state index < -0.39 is 0 Å². The van der Waals surface area contributed by atoms with Gasteiger partial charge in [0.05, 0.1) is 28.6 Å². The number of hydrogen-bond acceptors (Lipinski definition) is 5. The molecule has 3 aromatic heterocycles. The Morgan fingerprint density at radius 1 is 1.19 bits per heavy atom. The van der Waals surface area contributed by atoms with Crippen molar-refractivity contribution in [2.75, 3.05) is 20.1 Å². The number of nitrogens with one attached hydrogen (secondary N) is 1. The van der Waals surface area contributed by atoms with Gasteiger partial charge in [-0.3, -0.25) is 9.78 Å². The maximum absolute atomic E-state index is 13.6. The highest BCUT2D eigenvalue weighted by molar-refractivity contribution is 6.08. The highest BCUT2D eigenvalue weighted by atomic mass is 16.3. The van der Waals surface area contributed by atoms with E-state index in [9.17, 15) is 4.79 Å². The Balaban J connectivity index is 1.76. The lowest BCUT2D eigenvalue weighted by Crippen LogP contribution is -2.33. The van der Waals surface area contributed by atoms with E-state index in [4.69, 9.17) is 14.4 Å². The fraction of sp³-hybridized carbons (Fsp3) is 0.320. The molecule has 1 unspecified atom stereocenters. The van der Waals surface area contributed by atoms with Gasteiger partial charge in [-0.15, -0.1) is 0 Å². The predicted molar refractivity (Wildman–Crippen MR) is 124 cm³/mol. The average molecular weight is 430 g/mol. The number of rotatable bonds is 5. The number of hydrogen-bond donors (Lipinski definition) is 1. The van der Waals surface area contributed by atoms with Gasteiger partial charge in [-0.25, -0.2) is 4.98 Å². The predicted octanol–water partition coefficient (Wildman–Crippen LogP) is 4.37. The number of aromatic nitrogens is 3. The topological polar surface area (TPSA) is 76.2 Å². The molecular formula is C25H27N5O2. The van der Waals surface area contributed by atoms with Crippen molar-refractivity contribution < 1.29 is 9.21 Å². The first-order valence-corrected chi connectivity index (χ1v) is 11.0. The van der Waals surface area contributed by atoms with Crippen molar-refractivity contribution in [1.29, 1.82) is 0 Å². The summed E-state index contributed by atoms with van der Waals surface area (Å²) in [6.07, 6.45) is 6.00. The van der Waals surface area contributed by atoms with Crippen molar-refractivity contribution >= 4 is 16.9 Å². The largest absolute Gasteiger partial charge is 0.472 e. The summed E-state index contributed by atoms with van der Waals surface area (Å²) in [4.78, 5) is 25.3. The third kappa shape index (κ3) is 3.39. The normalized spacial score (nSPS) is 16.4. The quantitative estimate of drug-likeness (QED) is 0.510. The van der Waals surface area contributed by atoms with Gasteiger partial charge in [-0.1, -0.05) is 30.3 Å². The molecule has 1 fully saturated rings. The number of carbonyl (C=O) groups excluding carboxylic acids is 1. The molecule has 1 N–H and O–H groups in total. The third-order valence-electron chi connectivity index (χ3n) is 6.17. The van der Waals surface area contributed by atoms with Crippen molar-refractivity contribution in [2.24, 2.45) is 0 Å². The Morgan fingerprint density at radius 2 is 2.00 bits per heavy atom. The van der Waals surface area contributed by atoms with E-state index in [0.717, 1.165) is 46.6 Å². The number of carbonyl (C=O) groups is 1. The second-order valence-electron chi connectivity index (χ2n) is 8.52. The number of pyridine rings is 1. The number of benzene rings is 1. The fourth-order valence-corrected chi connectivity index (χ4v) is 4.52. The van der Waals surface area contributed by atoms with Crippen LogP contribution in [0.15, 0.2) is 59.5 Å². The summed E-state index contributed by atoms with van der Waals surface area (Å²) >= 11 is 0. The lowest BCUT2D eigenvalue weighted by atomic mass is 10.1. The lowest BCUT2D eigenvalue weighted by molar-refractivity contribution is 0.0791. The van der Waals surface area contributed by atoms with Crippen LogP contribution < -0.4 is 5.32 Å². The van der Waals surface area contributed by atoms with Crippen LogP contribution in [0.1, 0.15) is 36.7 Å². The maximum atomic E-state index is 13.6. The molecule has 4 aromatic rings. The molecule has 1 aliphatic rings. The minimum absolute atomic E-state index is 0.000375. The van der Waals surface area contributed by atoms with E-state index in [-0.39, 0.29) is 11.9 Å². The first-order valence-electron chi connectivity index (χ1n) is 11.0. The number of fused-ring (bicyclic) bond motifs is 1. The van der Waals surface area contributed by atoms with Gasteiger partial charge in [0.2, 0.25) is 0 Å². The van der Waals surface area contributed by atoms with E-state index in [1.54, 1.807) is 18.7 Å². The van der Waals surface area contributed by atoms with Crippen LogP contribution in [0.4, 0.5) is 0 Å². The highest BCUT2D eigenvalue weighted by Gasteiger charge is 2.30. The second-order valence-corrected chi connectivity index (χ2v) is 8.52. The summed E-state index contributed by atoms with van der Waals surface area (Å²) < 4.78 is 7.48. The zero-order valence-electron chi connectivity index (χ0n) is 18.6. The molecular weight excluding hydrogens is 402 g/mol. The van der Waals surface area contributed by atoms with Crippen LogP contribution in [0.25, 0.3) is 33.7 Å². The average Bonchev–Trinajstić information content (AvgIpc) is 3.57. The smallest absolute Gasteiger partial charge is 0.257 e. The Kier molecular flexibility index (Phi) is 5.27. The summed E-state index contributed by atoms with van der Waals surface area (Å²) in [6, 6.07) is 12.3. The molecule has 1 aliphatic heterocycles. The SMILES string of the molecule is CNC1CCN(C(=O)c2cnc(-c3ccccc3)c3nc(-c4ccoc4)n(C(C)C)c23)C1. The minimum Gasteiger partial charge on any atom is -0.472 e. The third-order valence-corrected chi connectivity index (χ3v) is 6.17. The Labute approximate surface area is 187 Å². The van der Waals surface area contributed by atoms with Crippen molar-refractivity contribution in [2.45, 2.75) is 32.4 Å². The number of likely N-dealkylation sites (tertiary alicyclic amines) is 1. The van der Waals surface area contributed by atoms with Gasteiger partial charge in [0.1, 0.15) is 17.6 Å². The van der Waals surface area contributed by atoms with Gasteiger partial charge < -0.3 is 19.2 Å². The van der Waals surface area contributed by atoms with E-state index in [1.165, 1.54) is 0 Å². The fourth-order valence-electron chi connectivity index (χ4n) is 4.52. The molecule has 32 heavy (non-hydrogen) atoms. The molecule has 0 radical (unpaired) electrons. The lowest BCUT2D eigenvalue weighted by Gasteiger charge is -2.19. The molecule has 1 amide bonds. The van der Waals surface area contributed by atoms with Crippen LogP contribution >= 0.6 is 0 Å². The summed E-state index contributed by atoms with van der Waals surface area (Å²) in [5.74, 6) is 0.776. The molecule has 1 saturated heterocycles. The van der Waals surface area contributed by atoms with Gasteiger partial charge in [0.25, 0.3) is 5.91 Å². The van der Waals surface area contributed by atoms with Gasteiger partial charge in [-0.05, 0) is 33.4 Å². The standard InChI is InChI=1S/C25H27N5O2/c1-16(2)30-23-20(25(31)29-11-9-19(14-29)26-3)13-27-21(17-7-5-4-6-8-17)22(23)28-24(30)18-10-12-32-15-18/h4-8,10,12-13,15-16,19,26H,9,11,14H2,1-3H3. The zero-order valence-corrected chi connectivity index (χ0v) is 18.6. The van der Waals surface area contributed by atoms with Crippen molar-refractivity contribution in [1.82, 2.24) is 24.8 Å². The second kappa shape index (κ2) is 8.24. The van der Waals surface area contributed by atoms with Crippen LogP contribution in [0.5, 0.6) is 0 Å². The van der Waals surface area contributed by atoms with E-state index >= 15 is 0 Å². The van der Waals surface area contributed by atoms with Gasteiger partial charge in [0.15, 0.2) is 0 Å². The van der Waals surface area contributed by atoms with Gasteiger partial charge in [-0.2, -0.15) is 0 Å². The van der Waals surface area contributed by atoms with Crippen LogP contribution in [0.2, 0.25) is 0 Å². The summed E-state index contributed by atoms with van der Waals surface area (Å²) in [5, 5.41) is 3.28. The molecule has 0 spiro atoms. The molecule has 1 aromatic carbocycles. The number of amides is 1. The Morgan fingerprint density at radius 3 is 2.66 bits per heavy atom. The number of nitrogens with zero attached hydrogens (tertiary/aromatic N) is 4. The molecule has 7 heteroatoms. The molecule has 5 rings (SSSR count). The summed E-state index contributed by atoms with van der Waals surface area (Å²) in [5.41, 5.74) is 4.77. The first kappa shape index (κ1) is 20.5. The van der Waals surface area contributed by atoms with Crippen LogP contribution in [0, 0.1) is 0 Å². The number of likely N-dealkylation sites (N-methyl/N-ethyl adjacent to an activating group) is 1. The van der Waals surface area contributed by atoms with Crippen molar-refractivity contribution in [3.8, 4) is 22.6 Å². The Bertz CT molecular complexity index is 1240. The molecule has 0 bridgehead atoms.